The normalized spacial score (nSPS) is 9.92. The number of nitrogens with one attached hydrogen (secondary N) is 1. The summed E-state index contributed by atoms with van der Waals surface area (Å²) < 4.78 is 2.29. The number of alkyl halides is 1. The third kappa shape index (κ3) is 1.98. The SMILES string of the molecule is Cn1ncc(Br)c1NC(=O)CCl. The van der Waals surface area contributed by atoms with E-state index in [1.54, 1.807) is 17.9 Å². The minimum absolute atomic E-state index is 0.0579. The fourth-order valence-corrected chi connectivity index (χ4v) is 1.23. The summed E-state index contributed by atoms with van der Waals surface area (Å²) in [6, 6.07) is 0. The van der Waals surface area contributed by atoms with Crippen molar-refractivity contribution < 1.29 is 4.79 Å². The van der Waals surface area contributed by atoms with Crippen molar-refractivity contribution >= 4 is 39.3 Å². The molecular weight excluding hydrogens is 245 g/mol. The summed E-state index contributed by atoms with van der Waals surface area (Å²) in [7, 11) is 1.73. The molecule has 1 aromatic heterocycles. The van der Waals surface area contributed by atoms with Gasteiger partial charge in [0.15, 0.2) is 0 Å². The summed E-state index contributed by atoms with van der Waals surface area (Å²) in [5, 5.41) is 6.51. The van der Waals surface area contributed by atoms with Gasteiger partial charge in [0, 0.05) is 7.05 Å². The van der Waals surface area contributed by atoms with Gasteiger partial charge in [0.25, 0.3) is 0 Å². The van der Waals surface area contributed by atoms with E-state index in [9.17, 15) is 4.79 Å². The number of carbonyl (C=O) groups is 1. The van der Waals surface area contributed by atoms with Gasteiger partial charge in [0.2, 0.25) is 5.91 Å². The Balaban J connectivity index is 2.80. The van der Waals surface area contributed by atoms with Crippen molar-refractivity contribution in [2.75, 3.05) is 11.2 Å². The third-order valence-electron chi connectivity index (χ3n) is 1.27. The molecule has 1 heterocycles. The van der Waals surface area contributed by atoms with Crippen molar-refractivity contribution in [2.45, 2.75) is 0 Å². The van der Waals surface area contributed by atoms with Gasteiger partial charge in [-0.1, -0.05) is 0 Å². The topological polar surface area (TPSA) is 46.9 Å². The van der Waals surface area contributed by atoms with Crippen LogP contribution in [-0.2, 0) is 11.8 Å². The van der Waals surface area contributed by atoms with Gasteiger partial charge in [-0.2, -0.15) is 5.10 Å². The molecule has 0 aromatic carbocycles. The molecule has 1 rings (SSSR count). The summed E-state index contributed by atoms with van der Waals surface area (Å²) in [5.74, 6) is 0.305. The minimum atomic E-state index is -0.249. The van der Waals surface area contributed by atoms with E-state index in [-0.39, 0.29) is 11.8 Å². The molecule has 0 atom stereocenters. The molecule has 12 heavy (non-hydrogen) atoms. The molecule has 0 unspecified atom stereocenters. The molecule has 0 spiro atoms. The summed E-state index contributed by atoms with van der Waals surface area (Å²) in [4.78, 5) is 10.9. The first-order chi connectivity index (χ1) is 5.65. The number of aryl methyl sites for hydroxylation is 1. The molecule has 1 N–H and O–H groups in total. The predicted molar refractivity (Wildman–Crippen MR) is 50.3 cm³/mol. The Morgan fingerprint density at radius 2 is 2.58 bits per heavy atom. The highest BCUT2D eigenvalue weighted by Gasteiger charge is 2.08. The van der Waals surface area contributed by atoms with E-state index in [4.69, 9.17) is 11.6 Å². The minimum Gasteiger partial charge on any atom is -0.309 e. The van der Waals surface area contributed by atoms with E-state index in [1.165, 1.54) is 0 Å². The molecule has 4 nitrogen and oxygen atoms in total. The third-order valence-corrected chi connectivity index (χ3v) is 2.10. The monoisotopic (exact) mass is 251 g/mol. The standard InChI is InChI=1S/C6H7BrClN3O/c1-11-6(4(7)3-9-11)10-5(12)2-8/h3H,2H2,1H3,(H,10,12). The van der Waals surface area contributed by atoms with Crippen molar-refractivity contribution in [1.29, 1.82) is 0 Å². The number of nitrogens with zero attached hydrogens (tertiary/aromatic N) is 2. The second-order valence-electron chi connectivity index (χ2n) is 2.15. The Labute approximate surface area is 83.0 Å². The molecule has 66 valence electrons. The van der Waals surface area contributed by atoms with Gasteiger partial charge in [-0.15, -0.1) is 11.6 Å². The fraction of sp³-hybridized carbons (Fsp3) is 0.333. The van der Waals surface area contributed by atoms with Crippen LogP contribution in [0.4, 0.5) is 5.82 Å². The Bertz CT molecular complexity index is 279. The number of carbonyl (C=O) groups excluding carboxylic acids is 1. The molecule has 0 aliphatic carbocycles. The molecule has 0 aliphatic rings. The average molecular weight is 252 g/mol. The number of hydrogen-bond donors (Lipinski definition) is 1. The zero-order chi connectivity index (χ0) is 9.14. The van der Waals surface area contributed by atoms with Gasteiger partial charge >= 0.3 is 0 Å². The largest absolute Gasteiger partial charge is 0.309 e. The van der Waals surface area contributed by atoms with E-state index in [0.717, 1.165) is 4.47 Å². The van der Waals surface area contributed by atoms with Gasteiger partial charge in [-0.3, -0.25) is 9.48 Å². The second-order valence-corrected chi connectivity index (χ2v) is 3.27. The zero-order valence-electron chi connectivity index (χ0n) is 6.34. The van der Waals surface area contributed by atoms with Crippen LogP contribution in [0.2, 0.25) is 0 Å². The van der Waals surface area contributed by atoms with Crippen LogP contribution in [0.1, 0.15) is 0 Å². The Morgan fingerprint density at radius 3 is 3.00 bits per heavy atom. The highest BCUT2D eigenvalue weighted by Crippen LogP contribution is 2.20. The average Bonchev–Trinajstić information content (AvgIpc) is 2.35. The molecule has 0 aliphatic heterocycles. The molecule has 0 radical (unpaired) electrons. The van der Waals surface area contributed by atoms with Crippen LogP contribution in [0.5, 0.6) is 0 Å². The van der Waals surface area contributed by atoms with Crippen LogP contribution in [0.15, 0.2) is 10.7 Å². The first-order valence-electron chi connectivity index (χ1n) is 3.18. The highest BCUT2D eigenvalue weighted by molar-refractivity contribution is 9.10. The van der Waals surface area contributed by atoms with Gasteiger partial charge in [-0.05, 0) is 15.9 Å². The Hall–Kier alpha value is -0.550. The maximum Gasteiger partial charge on any atom is 0.240 e. The van der Waals surface area contributed by atoms with Gasteiger partial charge in [0.1, 0.15) is 11.7 Å². The van der Waals surface area contributed by atoms with Crippen LogP contribution in [0.3, 0.4) is 0 Å². The molecule has 0 fully saturated rings. The second kappa shape index (κ2) is 3.91. The number of hydrogen-bond acceptors (Lipinski definition) is 2. The number of anilines is 1. The van der Waals surface area contributed by atoms with E-state index in [1.807, 2.05) is 0 Å². The maximum atomic E-state index is 10.9. The number of amides is 1. The smallest absolute Gasteiger partial charge is 0.240 e. The van der Waals surface area contributed by atoms with E-state index in [0.29, 0.717) is 5.82 Å². The lowest BCUT2D eigenvalue weighted by molar-refractivity contribution is -0.114. The zero-order valence-corrected chi connectivity index (χ0v) is 8.68. The van der Waals surface area contributed by atoms with Crippen molar-refractivity contribution in [3.05, 3.63) is 10.7 Å². The molecule has 1 amide bonds. The number of rotatable bonds is 2. The maximum absolute atomic E-state index is 10.9. The number of aromatic nitrogens is 2. The van der Waals surface area contributed by atoms with Crippen LogP contribution < -0.4 is 5.32 Å². The first kappa shape index (κ1) is 9.54. The molecule has 0 saturated carbocycles. The predicted octanol–water partition coefficient (Wildman–Crippen LogP) is 1.36. The van der Waals surface area contributed by atoms with Crippen LogP contribution in [-0.4, -0.2) is 21.6 Å². The lowest BCUT2D eigenvalue weighted by Crippen LogP contribution is -2.15. The summed E-state index contributed by atoms with van der Waals surface area (Å²) in [5.41, 5.74) is 0. The van der Waals surface area contributed by atoms with Crippen molar-refractivity contribution in [3.63, 3.8) is 0 Å². The molecular formula is C6H7BrClN3O. The fourth-order valence-electron chi connectivity index (χ4n) is 0.717. The molecule has 6 heteroatoms. The van der Waals surface area contributed by atoms with E-state index in [2.05, 4.69) is 26.3 Å². The number of halogens is 2. The Morgan fingerprint density at radius 1 is 1.92 bits per heavy atom. The Kier molecular flexibility index (Phi) is 3.11. The van der Waals surface area contributed by atoms with Crippen LogP contribution in [0, 0.1) is 0 Å². The van der Waals surface area contributed by atoms with E-state index >= 15 is 0 Å². The lowest BCUT2D eigenvalue weighted by Gasteiger charge is -2.02. The summed E-state index contributed by atoms with van der Waals surface area (Å²) >= 11 is 8.55. The van der Waals surface area contributed by atoms with Crippen molar-refractivity contribution in [2.24, 2.45) is 7.05 Å². The first-order valence-corrected chi connectivity index (χ1v) is 4.51. The molecule has 1 aromatic rings. The lowest BCUT2D eigenvalue weighted by atomic mass is 10.6. The van der Waals surface area contributed by atoms with Crippen molar-refractivity contribution in [1.82, 2.24) is 9.78 Å². The van der Waals surface area contributed by atoms with Gasteiger partial charge in [-0.25, -0.2) is 0 Å². The van der Waals surface area contributed by atoms with Gasteiger partial charge < -0.3 is 5.32 Å². The summed E-state index contributed by atoms with van der Waals surface area (Å²) in [6.45, 7) is 0. The van der Waals surface area contributed by atoms with Crippen LogP contribution in [0.25, 0.3) is 0 Å². The quantitative estimate of drug-likeness (QED) is 0.808. The van der Waals surface area contributed by atoms with E-state index < -0.39 is 0 Å². The van der Waals surface area contributed by atoms with Crippen LogP contribution >= 0.6 is 27.5 Å². The van der Waals surface area contributed by atoms with Gasteiger partial charge in [0.05, 0.1) is 10.7 Å². The van der Waals surface area contributed by atoms with Crippen molar-refractivity contribution in [3.8, 4) is 0 Å². The summed E-state index contributed by atoms with van der Waals surface area (Å²) in [6.07, 6.45) is 1.60. The highest BCUT2D eigenvalue weighted by atomic mass is 79.9. The molecule has 0 bridgehead atoms. The molecule has 0 saturated heterocycles.